The molecule has 0 spiro atoms. The van der Waals surface area contributed by atoms with Crippen molar-refractivity contribution in [2.75, 3.05) is 10.6 Å². The molecule has 2 atom stereocenters. The Labute approximate surface area is 341 Å². The smallest absolute Gasteiger partial charge is 0.246 e. The highest BCUT2D eigenvalue weighted by Gasteiger charge is 2.27. The fraction of sp³-hybridized carbons (Fsp3) is 0.238. The van der Waals surface area contributed by atoms with Crippen molar-refractivity contribution in [3.05, 3.63) is 155 Å². The number of anilines is 4. The van der Waals surface area contributed by atoms with Crippen molar-refractivity contribution in [1.29, 1.82) is 0 Å². The number of aromatic nitrogens is 12. The molecule has 10 rings (SSSR count). The van der Waals surface area contributed by atoms with Gasteiger partial charge in [0.05, 0.1) is 0 Å². The molecule has 14 nitrogen and oxygen atoms in total. The number of benzene rings is 4. The van der Waals surface area contributed by atoms with Crippen LogP contribution in [0.25, 0.3) is 11.4 Å². The summed E-state index contributed by atoms with van der Waals surface area (Å²) in [5.41, 5.74) is 3.74. The van der Waals surface area contributed by atoms with Crippen LogP contribution in [0.2, 0.25) is 0 Å². The summed E-state index contributed by atoms with van der Waals surface area (Å²) in [5.74, 6) is 2.39. The van der Waals surface area contributed by atoms with Crippen LogP contribution in [0.5, 0.6) is 0 Å². The van der Waals surface area contributed by atoms with Gasteiger partial charge in [-0.2, -0.15) is 20.2 Å². The summed E-state index contributed by atoms with van der Waals surface area (Å²) >= 11 is 0. The standard InChI is InChI=1S/2C21H19F2N7/c2*1-13-24-12-25-30(13)19-9-8-16(11-18(19)23)26-21-27-20-17(3-2-10-29(20)28-21)14-4-6-15(22)7-5-14/h2*4-9,11-12,17H,2-3,10H2,1H3,(H,26,28)/t2*17-/m10/s1. The first-order chi connectivity index (χ1) is 29.2. The third-order valence-electron chi connectivity index (χ3n) is 10.6. The van der Waals surface area contributed by atoms with Crippen molar-refractivity contribution in [2.45, 2.75) is 64.5 Å². The highest BCUT2D eigenvalue weighted by Crippen LogP contribution is 2.35. The highest BCUT2D eigenvalue weighted by atomic mass is 19.1. The van der Waals surface area contributed by atoms with Crippen LogP contribution in [0, 0.1) is 37.1 Å². The second-order valence-corrected chi connectivity index (χ2v) is 14.5. The number of halogens is 4. The van der Waals surface area contributed by atoms with E-state index in [0.29, 0.717) is 46.3 Å². The lowest BCUT2D eigenvalue weighted by Gasteiger charge is -2.22. The number of nitrogens with one attached hydrogen (secondary N) is 2. The minimum absolute atomic E-state index is 0.0526. The summed E-state index contributed by atoms with van der Waals surface area (Å²) in [6.07, 6.45) is 6.53. The van der Waals surface area contributed by atoms with Gasteiger partial charge in [0, 0.05) is 36.3 Å². The second-order valence-electron chi connectivity index (χ2n) is 14.5. The molecule has 6 heterocycles. The molecule has 0 unspecified atom stereocenters. The Morgan fingerprint density at radius 2 is 0.967 bits per heavy atom. The number of fused-ring (bicyclic) bond motifs is 2. The number of hydrogen-bond donors (Lipinski definition) is 2. The van der Waals surface area contributed by atoms with Crippen molar-refractivity contribution in [1.82, 2.24) is 59.1 Å². The first-order valence-electron chi connectivity index (χ1n) is 19.4. The zero-order valence-electron chi connectivity index (χ0n) is 32.5. The van der Waals surface area contributed by atoms with E-state index in [9.17, 15) is 17.6 Å². The molecule has 4 aromatic carbocycles. The molecular formula is C42H38F4N14. The van der Waals surface area contributed by atoms with Crippen molar-refractivity contribution < 1.29 is 17.6 Å². The number of nitrogens with zero attached hydrogens (tertiary/aromatic N) is 12. The lowest BCUT2D eigenvalue weighted by atomic mass is 9.91. The Hall–Kier alpha value is -7.24. The third-order valence-corrected chi connectivity index (χ3v) is 10.6. The van der Waals surface area contributed by atoms with Crippen LogP contribution in [0.15, 0.2) is 97.6 Å². The molecule has 2 aliphatic heterocycles. The molecule has 60 heavy (non-hydrogen) atoms. The maximum absolute atomic E-state index is 14.6. The molecule has 304 valence electrons. The molecular weight excluding hydrogens is 777 g/mol. The minimum Gasteiger partial charge on any atom is -0.323 e. The van der Waals surface area contributed by atoms with Crippen LogP contribution in [0.1, 0.15) is 71.9 Å². The summed E-state index contributed by atoms with van der Waals surface area (Å²) in [7, 11) is 0. The summed E-state index contributed by atoms with van der Waals surface area (Å²) in [5, 5.41) is 23.3. The Kier molecular flexibility index (Phi) is 10.3. The minimum atomic E-state index is -0.429. The third kappa shape index (κ3) is 7.82. The van der Waals surface area contributed by atoms with E-state index in [4.69, 9.17) is 0 Å². The molecule has 2 N–H and O–H groups in total. The molecule has 4 aromatic heterocycles. The van der Waals surface area contributed by atoms with E-state index >= 15 is 0 Å². The summed E-state index contributed by atoms with van der Waals surface area (Å²) in [6.45, 7) is 5.05. The Morgan fingerprint density at radius 3 is 1.33 bits per heavy atom. The Morgan fingerprint density at radius 1 is 0.550 bits per heavy atom. The summed E-state index contributed by atoms with van der Waals surface area (Å²) in [6, 6.07) is 22.5. The summed E-state index contributed by atoms with van der Waals surface area (Å²) < 4.78 is 62.5. The van der Waals surface area contributed by atoms with Gasteiger partial charge in [-0.3, -0.25) is 0 Å². The first kappa shape index (κ1) is 38.3. The average molecular weight is 815 g/mol. The summed E-state index contributed by atoms with van der Waals surface area (Å²) in [4.78, 5) is 17.3. The van der Waals surface area contributed by atoms with Gasteiger partial charge in [-0.1, -0.05) is 24.3 Å². The van der Waals surface area contributed by atoms with E-state index in [-0.39, 0.29) is 23.5 Å². The van der Waals surface area contributed by atoms with E-state index in [2.05, 4.69) is 51.0 Å². The molecule has 2 aliphatic rings. The van der Waals surface area contributed by atoms with Crippen molar-refractivity contribution >= 4 is 23.3 Å². The van der Waals surface area contributed by atoms with Crippen molar-refractivity contribution in [3.8, 4) is 11.4 Å². The predicted molar refractivity (Wildman–Crippen MR) is 214 cm³/mol. The predicted octanol–water partition coefficient (Wildman–Crippen LogP) is 8.23. The molecule has 18 heteroatoms. The topological polar surface area (TPSA) is 147 Å². The van der Waals surface area contributed by atoms with Gasteiger partial charge in [-0.15, -0.1) is 10.2 Å². The average Bonchev–Trinajstić information content (AvgIpc) is 4.06. The van der Waals surface area contributed by atoms with Crippen LogP contribution >= 0.6 is 0 Å². The fourth-order valence-corrected chi connectivity index (χ4v) is 7.67. The van der Waals surface area contributed by atoms with Crippen molar-refractivity contribution in [2.24, 2.45) is 0 Å². The van der Waals surface area contributed by atoms with Gasteiger partial charge in [0.1, 0.15) is 59.0 Å². The molecule has 0 saturated heterocycles. The van der Waals surface area contributed by atoms with Gasteiger partial charge in [0.25, 0.3) is 0 Å². The van der Waals surface area contributed by atoms with Gasteiger partial charge in [0.15, 0.2) is 11.6 Å². The SMILES string of the molecule is Cc1ncnn1-c1ccc(Nc2nc3n(n2)CCC[C@@H]3c2ccc(F)cc2)cc1F.Cc1ncnn1-c1ccc(Nc2nc3n(n2)CCC[C@H]3c2ccc(F)cc2)cc1F. The molecule has 0 aliphatic carbocycles. The lowest BCUT2D eigenvalue weighted by Crippen LogP contribution is -2.17. The zero-order chi connectivity index (χ0) is 41.3. The van der Waals surface area contributed by atoms with Gasteiger partial charge in [0.2, 0.25) is 11.9 Å². The zero-order valence-corrected chi connectivity index (χ0v) is 32.5. The molecule has 8 aromatic rings. The largest absolute Gasteiger partial charge is 0.323 e. The lowest BCUT2D eigenvalue weighted by molar-refractivity contribution is 0.446. The Balaban J connectivity index is 0.000000154. The molecule has 0 saturated carbocycles. The Bertz CT molecular complexity index is 2580. The molecule has 0 amide bonds. The second kappa shape index (κ2) is 16.2. The maximum Gasteiger partial charge on any atom is 0.246 e. The van der Waals surface area contributed by atoms with E-state index < -0.39 is 11.6 Å². The quantitative estimate of drug-likeness (QED) is 0.144. The van der Waals surface area contributed by atoms with Crippen LogP contribution in [-0.2, 0) is 13.1 Å². The van der Waals surface area contributed by atoms with E-state index in [1.807, 2.05) is 9.36 Å². The van der Waals surface area contributed by atoms with E-state index in [1.54, 1.807) is 62.4 Å². The number of aryl methyl sites for hydroxylation is 4. The van der Waals surface area contributed by atoms with Crippen LogP contribution in [0.4, 0.5) is 40.8 Å². The van der Waals surface area contributed by atoms with Gasteiger partial charge in [-0.05, 0) is 111 Å². The van der Waals surface area contributed by atoms with E-state index in [1.165, 1.54) is 58.4 Å². The first-order valence-corrected chi connectivity index (χ1v) is 19.4. The fourth-order valence-electron chi connectivity index (χ4n) is 7.67. The van der Waals surface area contributed by atoms with Crippen LogP contribution in [0.3, 0.4) is 0 Å². The van der Waals surface area contributed by atoms with Crippen LogP contribution < -0.4 is 10.6 Å². The van der Waals surface area contributed by atoms with Gasteiger partial charge < -0.3 is 10.6 Å². The van der Waals surface area contributed by atoms with Gasteiger partial charge in [-0.25, -0.2) is 46.3 Å². The number of rotatable bonds is 8. The van der Waals surface area contributed by atoms with E-state index in [0.717, 1.165) is 61.5 Å². The normalized spacial score (nSPS) is 15.8. The maximum atomic E-state index is 14.6. The number of hydrogen-bond acceptors (Lipinski definition) is 10. The van der Waals surface area contributed by atoms with Crippen LogP contribution in [-0.4, -0.2) is 59.1 Å². The van der Waals surface area contributed by atoms with Crippen molar-refractivity contribution in [3.63, 3.8) is 0 Å². The highest BCUT2D eigenvalue weighted by molar-refractivity contribution is 5.57. The molecule has 0 radical (unpaired) electrons. The monoisotopic (exact) mass is 814 g/mol. The van der Waals surface area contributed by atoms with Gasteiger partial charge >= 0.3 is 0 Å². The molecule has 0 fully saturated rings. The molecule has 0 bridgehead atoms.